The fourth-order valence-electron chi connectivity index (χ4n) is 3.86. The Hall–Kier alpha value is -0.390. The second kappa shape index (κ2) is 4.05. The summed E-state index contributed by atoms with van der Waals surface area (Å²) >= 11 is 2.31. The first-order valence-electron chi connectivity index (χ1n) is 7.05. The average Bonchev–Trinajstić information content (AvgIpc) is 2.99. The molecule has 3 atom stereocenters. The minimum absolute atomic E-state index is 0.598. The molecular formula is C14H18IN3. The van der Waals surface area contributed by atoms with E-state index in [2.05, 4.69) is 27.6 Å². The van der Waals surface area contributed by atoms with E-state index >= 15 is 0 Å². The van der Waals surface area contributed by atoms with Crippen LogP contribution in [0.25, 0.3) is 0 Å². The number of fused-ring (bicyclic) bond motifs is 2. The van der Waals surface area contributed by atoms with Crippen LogP contribution in [0.3, 0.4) is 0 Å². The molecule has 3 aliphatic carbocycles. The lowest BCUT2D eigenvalue weighted by Crippen LogP contribution is -2.15. The molecule has 3 fully saturated rings. The zero-order chi connectivity index (χ0) is 12.3. The van der Waals surface area contributed by atoms with Crippen LogP contribution in [0.15, 0.2) is 0 Å². The van der Waals surface area contributed by atoms with Crippen molar-refractivity contribution >= 4 is 28.4 Å². The average molecular weight is 355 g/mol. The van der Waals surface area contributed by atoms with Crippen molar-refractivity contribution in [2.75, 3.05) is 5.73 Å². The van der Waals surface area contributed by atoms with Gasteiger partial charge in [0.15, 0.2) is 0 Å². The quantitative estimate of drug-likeness (QED) is 0.827. The second-order valence-electron chi connectivity index (χ2n) is 6.22. The van der Waals surface area contributed by atoms with E-state index in [4.69, 9.17) is 10.7 Å². The molecule has 3 saturated carbocycles. The first-order valence-corrected chi connectivity index (χ1v) is 8.13. The molecule has 1 aromatic heterocycles. The summed E-state index contributed by atoms with van der Waals surface area (Å²) < 4.78 is 1.10. The molecule has 4 rings (SSSR count). The number of nitrogens with two attached hydrogens (primary N) is 1. The third-order valence-corrected chi connectivity index (χ3v) is 6.06. The van der Waals surface area contributed by atoms with Gasteiger partial charge >= 0.3 is 0 Å². The van der Waals surface area contributed by atoms with E-state index in [1.165, 1.54) is 44.2 Å². The predicted octanol–water partition coefficient (Wildman–Crippen LogP) is 3.44. The maximum Gasteiger partial charge on any atom is 0.140 e. The maximum atomic E-state index is 6.09. The number of anilines is 1. The molecule has 3 unspecified atom stereocenters. The third-order valence-electron chi connectivity index (χ3n) is 4.95. The summed E-state index contributed by atoms with van der Waals surface area (Å²) in [5.74, 6) is 4.81. The Bertz CT molecular complexity index is 498. The van der Waals surface area contributed by atoms with E-state index in [1.807, 2.05) is 0 Å². The van der Waals surface area contributed by atoms with E-state index in [1.54, 1.807) is 0 Å². The normalized spacial score (nSPS) is 34.2. The van der Waals surface area contributed by atoms with Crippen molar-refractivity contribution in [3.05, 3.63) is 15.1 Å². The van der Waals surface area contributed by atoms with Crippen molar-refractivity contribution < 1.29 is 0 Å². The molecule has 2 N–H and O–H groups in total. The fourth-order valence-corrected chi connectivity index (χ4v) is 4.54. The second-order valence-corrected chi connectivity index (χ2v) is 7.30. The number of nitrogens with zero attached hydrogens (tertiary/aromatic N) is 2. The molecule has 0 saturated heterocycles. The Kier molecular flexibility index (Phi) is 2.57. The number of rotatable bonds is 2. The van der Waals surface area contributed by atoms with E-state index in [9.17, 15) is 0 Å². The van der Waals surface area contributed by atoms with Gasteiger partial charge in [-0.1, -0.05) is 6.42 Å². The van der Waals surface area contributed by atoms with Gasteiger partial charge in [-0.25, -0.2) is 9.97 Å². The molecule has 4 heteroatoms. The number of aromatic nitrogens is 2. The molecular weight excluding hydrogens is 337 g/mol. The van der Waals surface area contributed by atoms with Crippen molar-refractivity contribution in [1.82, 2.24) is 9.97 Å². The zero-order valence-corrected chi connectivity index (χ0v) is 12.6. The summed E-state index contributed by atoms with van der Waals surface area (Å²) in [4.78, 5) is 9.50. The van der Waals surface area contributed by atoms with E-state index in [0.717, 1.165) is 21.2 Å². The van der Waals surface area contributed by atoms with Crippen LogP contribution in [-0.2, 0) is 0 Å². The number of hydrogen-bond donors (Lipinski definition) is 1. The monoisotopic (exact) mass is 355 g/mol. The van der Waals surface area contributed by atoms with Gasteiger partial charge in [0.2, 0.25) is 0 Å². The largest absolute Gasteiger partial charge is 0.383 e. The topological polar surface area (TPSA) is 51.8 Å². The van der Waals surface area contributed by atoms with Crippen molar-refractivity contribution in [2.45, 2.75) is 50.4 Å². The van der Waals surface area contributed by atoms with Crippen LogP contribution in [0, 0.1) is 15.4 Å². The van der Waals surface area contributed by atoms with E-state index < -0.39 is 0 Å². The van der Waals surface area contributed by atoms with E-state index in [0.29, 0.717) is 17.7 Å². The molecule has 1 aromatic rings. The highest BCUT2D eigenvalue weighted by molar-refractivity contribution is 14.1. The lowest BCUT2D eigenvalue weighted by molar-refractivity contribution is 0.404. The summed E-state index contributed by atoms with van der Waals surface area (Å²) in [7, 11) is 0. The summed E-state index contributed by atoms with van der Waals surface area (Å²) in [6.07, 6.45) is 8.07. The van der Waals surface area contributed by atoms with Crippen molar-refractivity contribution in [2.24, 2.45) is 11.8 Å². The van der Waals surface area contributed by atoms with Gasteiger partial charge in [-0.15, -0.1) is 0 Å². The van der Waals surface area contributed by atoms with Crippen LogP contribution >= 0.6 is 22.6 Å². The highest BCUT2D eigenvalue weighted by Gasteiger charge is 2.42. The SMILES string of the molecule is Nc1nc(C2CC3CCC2C3)nc(C2CC2)c1I. The molecule has 0 radical (unpaired) electrons. The van der Waals surface area contributed by atoms with Crippen molar-refractivity contribution in [3.8, 4) is 0 Å². The summed E-state index contributed by atoms with van der Waals surface area (Å²) in [5, 5.41) is 0. The van der Waals surface area contributed by atoms with Gasteiger partial charge in [0, 0.05) is 11.8 Å². The standard InChI is InChI=1S/C14H18IN3/c15-11-12(8-3-4-8)17-14(18-13(11)16)10-6-7-1-2-9(10)5-7/h7-10H,1-6H2,(H2,16,17,18). The number of halogens is 1. The van der Waals surface area contributed by atoms with Gasteiger partial charge in [-0.2, -0.15) is 0 Å². The maximum absolute atomic E-state index is 6.09. The van der Waals surface area contributed by atoms with Crippen LogP contribution in [0.4, 0.5) is 5.82 Å². The fraction of sp³-hybridized carbons (Fsp3) is 0.714. The summed E-state index contributed by atoms with van der Waals surface area (Å²) in [5.41, 5.74) is 7.33. The van der Waals surface area contributed by atoms with Crippen LogP contribution in [-0.4, -0.2) is 9.97 Å². The van der Waals surface area contributed by atoms with Crippen LogP contribution < -0.4 is 5.73 Å². The van der Waals surface area contributed by atoms with Crippen molar-refractivity contribution in [3.63, 3.8) is 0 Å². The predicted molar refractivity (Wildman–Crippen MR) is 79.3 cm³/mol. The minimum Gasteiger partial charge on any atom is -0.383 e. The van der Waals surface area contributed by atoms with Crippen LogP contribution in [0.2, 0.25) is 0 Å². The van der Waals surface area contributed by atoms with Crippen molar-refractivity contribution in [1.29, 1.82) is 0 Å². The lowest BCUT2D eigenvalue weighted by atomic mass is 9.88. The van der Waals surface area contributed by atoms with E-state index in [-0.39, 0.29) is 0 Å². The molecule has 0 aromatic carbocycles. The molecule has 0 spiro atoms. The molecule has 3 aliphatic rings. The number of hydrogen-bond acceptors (Lipinski definition) is 3. The van der Waals surface area contributed by atoms with Gasteiger partial charge < -0.3 is 5.73 Å². The zero-order valence-electron chi connectivity index (χ0n) is 10.4. The lowest BCUT2D eigenvalue weighted by Gasteiger charge is -2.21. The highest BCUT2D eigenvalue weighted by atomic mass is 127. The molecule has 0 aliphatic heterocycles. The highest BCUT2D eigenvalue weighted by Crippen LogP contribution is 2.52. The molecule has 2 bridgehead atoms. The van der Waals surface area contributed by atoms with Crippen LogP contribution in [0.1, 0.15) is 61.9 Å². The molecule has 1 heterocycles. The Morgan fingerprint density at radius 3 is 2.50 bits per heavy atom. The molecule has 0 amide bonds. The van der Waals surface area contributed by atoms with Gasteiger partial charge in [0.25, 0.3) is 0 Å². The summed E-state index contributed by atoms with van der Waals surface area (Å²) in [6.45, 7) is 0. The number of nitrogen functional groups attached to an aromatic ring is 1. The molecule has 3 nitrogen and oxygen atoms in total. The van der Waals surface area contributed by atoms with Gasteiger partial charge in [-0.3, -0.25) is 0 Å². The Morgan fingerprint density at radius 2 is 1.89 bits per heavy atom. The van der Waals surface area contributed by atoms with Gasteiger partial charge in [-0.05, 0) is 66.5 Å². The van der Waals surface area contributed by atoms with Gasteiger partial charge in [0.05, 0.1) is 9.26 Å². The first kappa shape index (κ1) is 11.4. The smallest absolute Gasteiger partial charge is 0.140 e. The molecule has 96 valence electrons. The Labute approximate surface area is 121 Å². The minimum atomic E-state index is 0.598. The van der Waals surface area contributed by atoms with Crippen LogP contribution in [0.5, 0.6) is 0 Å². The van der Waals surface area contributed by atoms with Gasteiger partial charge in [0.1, 0.15) is 11.6 Å². The summed E-state index contributed by atoms with van der Waals surface area (Å²) in [6, 6.07) is 0. The Morgan fingerprint density at radius 1 is 1.06 bits per heavy atom. The first-order chi connectivity index (χ1) is 8.72. The third kappa shape index (κ3) is 1.75. The Balaban J connectivity index is 1.72. The molecule has 18 heavy (non-hydrogen) atoms.